The van der Waals surface area contributed by atoms with E-state index in [1.165, 1.54) is 7.11 Å². The van der Waals surface area contributed by atoms with Crippen LogP contribution < -0.4 is 5.73 Å². The Bertz CT molecular complexity index is 957. The topological polar surface area (TPSA) is 94.0 Å². The van der Waals surface area contributed by atoms with Crippen LogP contribution in [0.1, 0.15) is 23.4 Å². The van der Waals surface area contributed by atoms with E-state index in [4.69, 9.17) is 11.1 Å². The molecule has 0 aliphatic rings. The minimum Gasteiger partial charge on any atom is -0.469 e. The number of carbonyl (C=O) groups is 1. The van der Waals surface area contributed by atoms with Gasteiger partial charge in [0.1, 0.15) is 11.7 Å². The smallest absolute Gasteiger partial charge is 0.305 e. The fourth-order valence-corrected chi connectivity index (χ4v) is 2.87. The first-order chi connectivity index (χ1) is 13.0. The average molecular weight is 362 g/mol. The van der Waals surface area contributed by atoms with Crippen LogP contribution in [0, 0.1) is 12.3 Å². The van der Waals surface area contributed by atoms with Gasteiger partial charge in [-0.2, -0.15) is 0 Å². The van der Waals surface area contributed by atoms with Gasteiger partial charge in [-0.1, -0.05) is 24.3 Å². The zero-order chi connectivity index (χ0) is 19.4. The number of carbonyl (C=O) groups excluding carboxylic acids is 1. The molecule has 27 heavy (non-hydrogen) atoms. The zero-order valence-corrected chi connectivity index (χ0v) is 15.4. The SMILES string of the molecule is COC(=O)CCc1ccc(-c2cn(-c3ccc(C(=N)N)cc3)c(C)n2)cc1. The summed E-state index contributed by atoms with van der Waals surface area (Å²) in [7, 11) is 1.40. The second-order valence-electron chi connectivity index (χ2n) is 6.28. The van der Waals surface area contributed by atoms with Crippen LogP contribution in [-0.4, -0.2) is 28.5 Å². The van der Waals surface area contributed by atoms with Gasteiger partial charge < -0.3 is 15.0 Å². The van der Waals surface area contributed by atoms with Crippen molar-refractivity contribution < 1.29 is 9.53 Å². The Morgan fingerprint density at radius 2 is 1.81 bits per heavy atom. The number of amidine groups is 1. The van der Waals surface area contributed by atoms with E-state index >= 15 is 0 Å². The molecule has 6 heteroatoms. The molecule has 3 rings (SSSR count). The molecule has 2 aromatic carbocycles. The molecule has 138 valence electrons. The Morgan fingerprint density at radius 3 is 2.41 bits per heavy atom. The summed E-state index contributed by atoms with van der Waals surface area (Å²) >= 11 is 0. The summed E-state index contributed by atoms with van der Waals surface area (Å²) in [6.45, 7) is 1.95. The van der Waals surface area contributed by atoms with Crippen molar-refractivity contribution in [1.82, 2.24) is 9.55 Å². The highest BCUT2D eigenvalue weighted by Crippen LogP contribution is 2.22. The molecule has 0 spiro atoms. The van der Waals surface area contributed by atoms with E-state index in [1.807, 2.05) is 66.2 Å². The zero-order valence-electron chi connectivity index (χ0n) is 15.4. The molecule has 0 aliphatic carbocycles. The minimum atomic E-state index is -0.204. The number of methoxy groups -OCH3 is 1. The molecule has 0 saturated carbocycles. The molecule has 0 unspecified atom stereocenters. The predicted octanol–water partition coefficient (Wildman–Crippen LogP) is 3.24. The minimum absolute atomic E-state index is 0.0527. The van der Waals surface area contributed by atoms with E-state index in [1.54, 1.807) is 0 Å². The molecule has 0 aliphatic heterocycles. The fraction of sp³-hybridized carbons (Fsp3) is 0.190. The lowest BCUT2D eigenvalue weighted by Gasteiger charge is -2.05. The summed E-state index contributed by atoms with van der Waals surface area (Å²) in [6.07, 6.45) is 3.02. The average Bonchev–Trinajstić information content (AvgIpc) is 3.08. The van der Waals surface area contributed by atoms with Crippen LogP contribution >= 0.6 is 0 Å². The fourth-order valence-electron chi connectivity index (χ4n) is 2.87. The molecule has 0 amide bonds. The van der Waals surface area contributed by atoms with Crippen molar-refractivity contribution in [2.24, 2.45) is 5.73 Å². The molecule has 0 radical (unpaired) electrons. The van der Waals surface area contributed by atoms with E-state index in [0.717, 1.165) is 28.3 Å². The van der Waals surface area contributed by atoms with Crippen LogP contribution in [0.4, 0.5) is 0 Å². The van der Waals surface area contributed by atoms with E-state index in [-0.39, 0.29) is 11.8 Å². The quantitative estimate of drug-likeness (QED) is 0.400. The lowest BCUT2D eigenvalue weighted by Crippen LogP contribution is -2.10. The van der Waals surface area contributed by atoms with Gasteiger partial charge in [0.2, 0.25) is 0 Å². The van der Waals surface area contributed by atoms with Crippen LogP contribution in [0.15, 0.2) is 54.7 Å². The van der Waals surface area contributed by atoms with E-state index < -0.39 is 0 Å². The summed E-state index contributed by atoms with van der Waals surface area (Å²) in [4.78, 5) is 15.9. The number of nitrogen functional groups attached to an aromatic ring is 1. The normalized spacial score (nSPS) is 10.6. The van der Waals surface area contributed by atoms with Crippen molar-refractivity contribution in [3.05, 3.63) is 71.7 Å². The number of nitrogens with one attached hydrogen (secondary N) is 1. The number of benzene rings is 2. The van der Waals surface area contributed by atoms with Crippen molar-refractivity contribution in [2.75, 3.05) is 7.11 Å². The molecule has 6 nitrogen and oxygen atoms in total. The number of nitrogens with zero attached hydrogens (tertiary/aromatic N) is 2. The molecular weight excluding hydrogens is 340 g/mol. The van der Waals surface area contributed by atoms with Crippen molar-refractivity contribution in [1.29, 1.82) is 5.41 Å². The first-order valence-corrected chi connectivity index (χ1v) is 8.65. The second-order valence-corrected chi connectivity index (χ2v) is 6.28. The van der Waals surface area contributed by atoms with Gasteiger partial charge in [0.05, 0.1) is 12.8 Å². The summed E-state index contributed by atoms with van der Waals surface area (Å²) in [5.41, 5.74) is 10.1. The van der Waals surface area contributed by atoms with E-state index in [9.17, 15) is 4.79 Å². The maximum Gasteiger partial charge on any atom is 0.305 e. The number of aryl methyl sites for hydroxylation is 2. The highest BCUT2D eigenvalue weighted by atomic mass is 16.5. The standard InChI is InChI=1S/C21H22N4O2/c1-14-24-19(13-25(14)18-10-8-17(9-11-18)21(22)23)16-6-3-15(4-7-16)5-12-20(26)27-2/h3-4,6-11,13H,5,12H2,1-2H3,(H3,22,23). The maximum absolute atomic E-state index is 11.3. The molecule has 0 bridgehead atoms. The van der Waals surface area contributed by atoms with E-state index in [2.05, 4.69) is 9.72 Å². The van der Waals surface area contributed by atoms with Gasteiger partial charge in [0, 0.05) is 29.4 Å². The maximum atomic E-state index is 11.3. The van der Waals surface area contributed by atoms with Gasteiger partial charge in [-0.15, -0.1) is 0 Å². The third-order valence-electron chi connectivity index (χ3n) is 4.43. The second kappa shape index (κ2) is 7.86. The number of aromatic nitrogens is 2. The lowest BCUT2D eigenvalue weighted by atomic mass is 10.1. The van der Waals surface area contributed by atoms with Crippen molar-refractivity contribution in [3.63, 3.8) is 0 Å². The third kappa shape index (κ3) is 4.23. The van der Waals surface area contributed by atoms with Gasteiger partial charge in [0.25, 0.3) is 0 Å². The summed E-state index contributed by atoms with van der Waals surface area (Å²) in [5, 5.41) is 7.48. The molecule has 0 fully saturated rings. The number of rotatable bonds is 6. The van der Waals surface area contributed by atoms with Crippen LogP contribution in [0.5, 0.6) is 0 Å². The van der Waals surface area contributed by atoms with Crippen molar-refractivity contribution in [2.45, 2.75) is 19.8 Å². The Kier molecular flexibility index (Phi) is 5.35. The van der Waals surface area contributed by atoms with Crippen molar-refractivity contribution >= 4 is 11.8 Å². The Labute approximate surface area is 158 Å². The number of nitrogens with two attached hydrogens (primary N) is 1. The van der Waals surface area contributed by atoms with Crippen LogP contribution in [0.3, 0.4) is 0 Å². The number of imidazole rings is 1. The first kappa shape index (κ1) is 18.4. The Morgan fingerprint density at radius 1 is 1.15 bits per heavy atom. The third-order valence-corrected chi connectivity index (χ3v) is 4.43. The highest BCUT2D eigenvalue weighted by Gasteiger charge is 2.09. The van der Waals surface area contributed by atoms with Gasteiger partial charge in [-0.3, -0.25) is 10.2 Å². The molecule has 0 atom stereocenters. The summed E-state index contributed by atoms with van der Waals surface area (Å²) in [5.74, 6) is 0.719. The van der Waals surface area contributed by atoms with Crippen LogP contribution in [0.25, 0.3) is 16.9 Å². The number of hydrogen-bond donors (Lipinski definition) is 2. The molecule has 3 N–H and O–H groups in total. The molecule has 1 aromatic heterocycles. The van der Waals surface area contributed by atoms with Crippen LogP contribution in [0.2, 0.25) is 0 Å². The Hall–Kier alpha value is -3.41. The molecule has 0 saturated heterocycles. The van der Waals surface area contributed by atoms with Crippen LogP contribution in [-0.2, 0) is 16.0 Å². The molecule has 3 aromatic rings. The summed E-state index contributed by atoms with van der Waals surface area (Å²) < 4.78 is 6.68. The number of hydrogen-bond acceptors (Lipinski definition) is 4. The van der Waals surface area contributed by atoms with Crippen molar-refractivity contribution in [3.8, 4) is 16.9 Å². The summed E-state index contributed by atoms with van der Waals surface area (Å²) in [6, 6.07) is 15.5. The Balaban J connectivity index is 1.79. The lowest BCUT2D eigenvalue weighted by molar-refractivity contribution is -0.140. The van der Waals surface area contributed by atoms with Gasteiger partial charge in [-0.05, 0) is 43.2 Å². The van der Waals surface area contributed by atoms with Gasteiger partial charge in [0.15, 0.2) is 0 Å². The largest absolute Gasteiger partial charge is 0.469 e. The molecule has 1 heterocycles. The van der Waals surface area contributed by atoms with E-state index in [0.29, 0.717) is 18.4 Å². The number of esters is 1. The molecular formula is C21H22N4O2. The first-order valence-electron chi connectivity index (χ1n) is 8.65. The number of ether oxygens (including phenoxy) is 1. The van der Waals surface area contributed by atoms with Gasteiger partial charge >= 0.3 is 5.97 Å². The highest BCUT2D eigenvalue weighted by molar-refractivity contribution is 5.95. The van der Waals surface area contributed by atoms with Gasteiger partial charge in [-0.25, -0.2) is 4.98 Å². The monoisotopic (exact) mass is 362 g/mol. The predicted molar refractivity (Wildman–Crippen MR) is 105 cm³/mol.